The second-order valence-electron chi connectivity index (χ2n) is 8.08. The highest BCUT2D eigenvalue weighted by Crippen LogP contribution is 2.18. The SMILES string of the molecule is Cc1ccc(-c2noc(CN3CCN(C(=O)c4ccc(-n5cccc5)cc4)CC3)n2)cc1. The summed E-state index contributed by atoms with van der Waals surface area (Å²) in [6, 6.07) is 19.8. The summed E-state index contributed by atoms with van der Waals surface area (Å²) in [5.41, 5.74) is 3.90. The summed E-state index contributed by atoms with van der Waals surface area (Å²) >= 11 is 0. The third-order valence-corrected chi connectivity index (χ3v) is 5.81. The average molecular weight is 428 g/mol. The van der Waals surface area contributed by atoms with Gasteiger partial charge in [0, 0.05) is 55.4 Å². The van der Waals surface area contributed by atoms with Crippen molar-refractivity contribution in [2.24, 2.45) is 0 Å². The summed E-state index contributed by atoms with van der Waals surface area (Å²) in [6.45, 7) is 5.54. The molecule has 0 N–H and O–H groups in total. The minimum Gasteiger partial charge on any atom is -0.338 e. The summed E-state index contributed by atoms with van der Waals surface area (Å²) < 4.78 is 7.47. The number of carbonyl (C=O) groups excluding carboxylic acids is 1. The van der Waals surface area contributed by atoms with E-state index in [1.807, 2.05) is 82.5 Å². The molecule has 1 fully saturated rings. The van der Waals surface area contributed by atoms with Crippen LogP contribution in [-0.4, -0.2) is 56.6 Å². The molecule has 2 aromatic heterocycles. The second-order valence-corrected chi connectivity index (χ2v) is 8.08. The summed E-state index contributed by atoms with van der Waals surface area (Å²) in [5.74, 6) is 1.28. The van der Waals surface area contributed by atoms with E-state index < -0.39 is 0 Å². The van der Waals surface area contributed by atoms with Crippen molar-refractivity contribution in [3.8, 4) is 17.1 Å². The van der Waals surface area contributed by atoms with E-state index in [0.717, 1.165) is 24.3 Å². The molecule has 1 amide bonds. The number of amides is 1. The highest BCUT2D eigenvalue weighted by molar-refractivity contribution is 5.94. The molecule has 5 rings (SSSR count). The number of benzene rings is 2. The minimum atomic E-state index is 0.0724. The summed E-state index contributed by atoms with van der Waals surface area (Å²) in [6.07, 6.45) is 3.98. The summed E-state index contributed by atoms with van der Waals surface area (Å²) in [5, 5.41) is 4.11. The number of aromatic nitrogens is 3. The Hall–Kier alpha value is -3.71. The van der Waals surface area contributed by atoms with Crippen molar-refractivity contribution in [1.82, 2.24) is 24.5 Å². The van der Waals surface area contributed by atoms with E-state index in [9.17, 15) is 4.79 Å². The molecule has 1 aliphatic rings. The standard InChI is InChI=1S/C25H25N5O2/c1-19-4-6-20(7-5-19)24-26-23(32-27-24)18-28-14-16-30(17-15-28)25(31)21-8-10-22(11-9-21)29-12-2-3-13-29/h2-13H,14-18H2,1H3. The zero-order chi connectivity index (χ0) is 21.9. The average Bonchev–Trinajstić information content (AvgIpc) is 3.53. The van der Waals surface area contributed by atoms with E-state index in [0.29, 0.717) is 36.9 Å². The van der Waals surface area contributed by atoms with Gasteiger partial charge in [0.25, 0.3) is 5.91 Å². The van der Waals surface area contributed by atoms with Crippen LogP contribution in [0.1, 0.15) is 21.8 Å². The zero-order valence-corrected chi connectivity index (χ0v) is 18.0. The molecule has 2 aromatic carbocycles. The van der Waals surface area contributed by atoms with Gasteiger partial charge in [-0.2, -0.15) is 4.98 Å². The number of carbonyl (C=O) groups is 1. The van der Waals surface area contributed by atoms with Gasteiger partial charge in [-0.25, -0.2) is 0 Å². The van der Waals surface area contributed by atoms with Gasteiger partial charge in [-0.1, -0.05) is 35.0 Å². The van der Waals surface area contributed by atoms with Crippen LogP contribution in [0.5, 0.6) is 0 Å². The van der Waals surface area contributed by atoms with Crippen LogP contribution >= 0.6 is 0 Å². The van der Waals surface area contributed by atoms with Gasteiger partial charge >= 0.3 is 0 Å². The molecule has 32 heavy (non-hydrogen) atoms. The lowest BCUT2D eigenvalue weighted by atomic mass is 10.1. The maximum absolute atomic E-state index is 12.9. The van der Waals surface area contributed by atoms with Crippen LogP contribution in [0.2, 0.25) is 0 Å². The quantitative estimate of drug-likeness (QED) is 0.485. The first-order chi connectivity index (χ1) is 15.7. The number of aryl methyl sites for hydroxylation is 1. The molecule has 4 aromatic rings. The van der Waals surface area contributed by atoms with Crippen molar-refractivity contribution in [1.29, 1.82) is 0 Å². The normalized spacial score (nSPS) is 14.6. The predicted octanol–water partition coefficient (Wildman–Crippen LogP) is 3.79. The molecule has 0 unspecified atom stereocenters. The lowest BCUT2D eigenvalue weighted by Gasteiger charge is -2.34. The van der Waals surface area contributed by atoms with E-state index in [1.165, 1.54) is 5.56 Å². The van der Waals surface area contributed by atoms with Crippen molar-refractivity contribution in [3.63, 3.8) is 0 Å². The first kappa shape index (κ1) is 20.2. The second kappa shape index (κ2) is 8.80. The Bertz CT molecular complexity index is 1170. The van der Waals surface area contributed by atoms with Crippen LogP contribution < -0.4 is 0 Å². The molecule has 0 atom stereocenters. The van der Waals surface area contributed by atoms with Crippen molar-refractivity contribution < 1.29 is 9.32 Å². The van der Waals surface area contributed by atoms with Crippen molar-refractivity contribution in [2.75, 3.05) is 26.2 Å². The fourth-order valence-corrected chi connectivity index (χ4v) is 3.90. The van der Waals surface area contributed by atoms with E-state index in [2.05, 4.69) is 22.0 Å². The topological polar surface area (TPSA) is 67.4 Å². The van der Waals surface area contributed by atoms with Gasteiger partial charge in [-0.05, 0) is 43.3 Å². The van der Waals surface area contributed by atoms with Gasteiger partial charge in [0.15, 0.2) is 0 Å². The molecular weight excluding hydrogens is 402 g/mol. The van der Waals surface area contributed by atoms with Gasteiger partial charge in [0.2, 0.25) is 11.7 Å². The highest BCUT2D eigenvalue weighted by atomic mass is 16.5. The smallest absolute Gasteiger partial charge is 0.253 e. The molecule has 0 bridgehead atoms. The number of nitrogens with zero attached hydrogens (tertiary/aromatic N) is 5. The molecule has 0 radical (unpaired) electrons. The Morgan fingerprint density at radius 1 is 0.938 bits per heavy atom. The Morgan fingerprint density at radius 2 is 1.62 bits per heavy atom. The van der Waals surface area contributed by atoms with E-state index in [1.54, 1.807) is 0 Å². The Morgan fingerprint density at radius 3 is 2.31 bits per heavy atom. The first-order valence-corrected chi connectivity index (χ1v) is 10.8. The van der Waals surface area contributed by atoms with E-state index in [-0.39, 0.29) is 5.91 Å². The first-order valence-electron chi connectivity index (χ1n) is 10.8. The molecule has 1 aliphatic heterocycles. The monoisotopic (exact) mass is 427 g/mol. The van der Waals surface area contributed by atoms with Crippen LogP contribution in [0.15, 0.2) is 77.6 Å². The van der Waals surface area contributed by atoms with Gasteiger partial charge in [-0.3, -0.25) is 9.69 Å². The highest BCUT2D eigenvalue weighted by Gasteiger charge is 2.23. The van der Waals surface area contributed by atoms with Crippen LogP contribution in [0, 0.1) is 6.92 Å². The van der Waals surface area contributed by atoms with Gasteiger partial charge in [-0.15, -0.1) is 0 Å². The third-order valence-electron chi connectivity index (χ3n) is 5.81. The molecule has 0 aliphatic carbocycles. The number of hydrogen-bond donors (Lipinski definition) is 0. The van der Waals surface area contributed by atoms with Crippen LogP contribution in [0.3, 0.4) is 0 Å². The van der Waals surface area contributed by atoms with Crippen LogP contribution in [0.25, 0.3) is 17.1 Å². The zero-order valence-electron chi connectivity index (χ0n) is 18.0. The number of hydrogen-bond acceptors (Lipinski definition) is 5. The van der Waals surface area contributed by atoms with Crippen molar-refractivity contribution >= 4 is 5.91 Å². The van der Waals surface area contributed by atoms with Gasteiger partial charge in [0.1, 0.15) is 0 Å². The fraction of sp³-hybridized carbons (Fsp3) is 0.240. The van der Waals surface area contributed by atoms with Gasteiger partial charge < -0.3 is 14.0 Å². The lowest BCUT2D eigenvalue weighted by Crippen LogP contribution is -2.48. The van der Waals surface area contributed by atoms with Crippen LogP contribution in [-0.2, 0) is 6.54 Å². The Balaban J connectivity index is 1.16. The van der Waals surface area contributed by atoms with E-state index >= 15 is 0 Å². The molecule has 7 nitrogen and oxygen atoms in total. The maximum atomic E-state index is 12.9. The molecular formula is C25H25N5O2. The molecule has 0 spiro atoms. The molecule has 162 valence electrons. The Labute approximate surface area is 186 Å². The largest absolute Gasteiger partial charge is 0.338 e. The minimum absolute atomic E-state index is 0.0724. The predicted molar refractivity (Wildman–Crippen MR) is 121 cm³/mol. The third kappa shape index (κ3) is 4.33. The number of piperazine rings is 1. The van der Waals surface area contributed by atoms with E-state index in [4.69, 9.17) is 4.52 Å². The summed E-state index contributed by atoms with van der Waals surface area (Å²) in [4.78, 5) is 21.6. The molecule has 1 saturated heterocycles. The lowest BCUT2D eigenvalue weighted by molar-refractivity contribution is 0.0615. The molecule has 0 saturated carbocycles. The molecule has 3 heterocycles. The van der Waals surface area contributed by atoms with Crippen molar-refractivity contribution in [2.45, 2.75) is 13.5 Å². The van der Waals surface area contributed by atoms with Crippen LogP contribution in [0.4, 0.5) is 0 Å². The Kier molecular flexibility index (Phi) is 5.56. The maximum Gasteiger partial charge on any atom is 0.253 e. The fourth-order valence-electron chi connectivity index (χ4n) is 3.90. The number of rotatable bonds is 5. The van der Waals surface area contributed by atoms with Crippen molar-refractivity contribution in [3.05, 3.63) is 90.1 Å². The summed E-state index contributed by atoms with van der Waals surface area (Å²) in [7, 11) is 0. The molecule has 7 heteroatoms. The van der Waals surface area contributed by atoms with Gasteiger partial charge in [0.05, 0.1) is 6.54 Å².